The Morgan fingerprint density at radius 3 is 2.73 bits per heavy atom. The van der Waals surface area contributed by atoms with E-state index < -0.39 is 0 Å². The molecule has 60 valence electrons. The molecule has 0 unspecified atom stereocenters. The molecule has 0 aromatic carbocycles. The molecule has 0 amide bonds. The molecular weight excluding hydrogens is 134 g/mol. The van der Waals surface area contributed by atoms with Gasteiger partial charge in [-0.25, -0.2) is 0 Å². The van der Waals surface area contributed by atoms with Crippen molar-refractivity contribution in [3.8, 4) is 12.5 Å². The average molecular weight is 149 g/mol. The molecule has 0 radical (unpaired) electrons. The van der Waals surface area contributed by atoms with Gasteiger partial charge in [0.25, 0.3) is 0 Å². The number of hydrogen-bond donors (Lipinski definition) is 0. The minimum atomic E-state index is 0.731. The zero-order valence-corrected chi connectivity index (χ0v) is 7.09. The van der Waals surface area contributed by atoms with Gasteiger partial charge in [0.05, 0.1) is 0 Å². The first kappa shape index (κ1) is 7.03. The maximum atomic E-state index is 5.42. The lowest BCUT2D eigenvalue weighted by Crippen LogP contribution is -2.30. The lowest BCUT2D eigenvalue weighted by molar-refractivity contribution is 0.284. The summed E-state index contributed by atoms with van der Waals surface area (Å²) in [7, 11) is 0. The predicted octanol–water partition coefficient (Wildman–Crippen LogP) is 1.70. The Hall–Kier alpha value is -0.640. The minimum Gasteiger partial charge on any atom is -0.330 e. The van der Waals surface area contributed by atoms with Crippen LogP contribution in [0.25, 0.3) is 0 Å². The third kappa shape index (κ3) is 1.01. The van der Waals surface area contributed by atoms with E-state index in [-0.39, 0.29) is 0 Å². The van der Waals surface area contributed by atoms with Crippen LogP contribution in [0, 0.1) is 24.3 Å². The van der Waals surface area contributed by atoms with Crippen molar-refractivity contribution in [2.45, 2.75) is 32.2 Å². The highest BCUT2D eigenvalue weighted by atomic mass is 15.1. The summed E-state index contributed by atoms with van der Waals surface area (Å²) in [5, 5.41) is 0. The Kier molecular flexibility index (Phi) is 1.56. The van der Waals surface area contributed by atoms with E-state index in [9.17, 15) is 0 Å². The van der Waals surface area contributed by atoms with Crippen LogP contribution in [0.3, 0.4) is 0 Å². The van der Waals surface area contributed by atoms with Crippen LogP contribution in [-0.4, -0.2) is 17.5 Å². The summed E-state index contributed by atoms with van der Waals surface area (Å²) in [4.78, 5) is 2.18. The van der Waals surface area contributed by atoms with Crippen LogP contribution in [0.2, 0.25) is 0 Å². The maximum Gasteiger partial charge on any atom is 0.0402 e. The van der Waals surface area contributed by atoms with Gasteiger partial charge in [0.1, 0.15) is 0 Å². The highest BCUT2D eigenvalue weighted by Gasteiger charge is 2.49. The van der Waals surface area contributed by atoms with Crippen molar-refractivity contribution in [1.29, 1.82) is 0 Å². The number of fused-ring (bicyclic) bond motifs is 1. The molecule has 0 N–H and O–H groups in total. The van der Waals surface area contributed by atoms with Crippen LogP contribution < -0.4 is 0 Å². The van der Waals surface area contributed by atoms with Gasteiger partial charge in [-0.2, -0.15) is 0 Å². The van der Waals surface area contributed by atoms with Crippen molar-refractivity contribution < 1.29 is 0 Å². The summed E-state index contributed by atoms with van der Waals surface area (Å²) < 4.78 is 0. The molecule has 0 spiro atoms. The van der Waals surface area contributed by atoms with Crippen molar-refractivity contribution in [1.82, 2.24) is 4.90 Å². The van der Waals surface area contributed by atoms with E-state index in [0.29, 0.717) is 0 Å². The van der Waals surface area contributed by atoms with E-state index in [1.165, 1.54) is 19.3 Å². The second kappa shape index (κ2) is 2.44. The SMILES string of the molecule is C#CN(CC)[C@H]1CC[C@@H]2C[C@@H]21. The van der Waals surface area contributed by atoms with Crippen molar-refractivity contribution in [3.05, 3.63) is 0 Å². The summed E-state index contributed by atoms with van der Waals surface area (Å²) in [5.41, 5.74) is 0. The zero-order chi connectivity index (χ0) is 7.84. The molecule has 1 heteroatoms. The number of rotatable bonds is 2. The molecule has 0 aromatic rings. The molecule has 0 saturated heterocycles. The van der Waals surface area contributed by atoms with Crippen LogP contribution in [0.15, 0.2) is 0 Å². The fraction of sp³-hybridized carbons (Fsp3) is 0.800. The highest BCUT2D eigenvalue weighted by molar-refractivity contribution is 5.05. The van der Waals surface area contributed by atoms with Crippen LogP contribution in [0.4, 0.5) is 0 Å². The van der Waals surface area contributed by atoms with E-state index in [1.54, 1.807) is 0 Å². The molecule has 2 saturated carbocycles. The molecule has 11 heavy (non-hydrogen) atoms. The summed E-state index contributed by atoms with van der Waals surface area (Å²) in [6.07, 6.45) is 9.63. The second-order valence-corrected chi connectivity index (χ2v) is 3.72. The highest BCUT2D eigenvalue weighted by Crippen LogP contribution is 2.53. The molecule has 0 heterocycles. The van der Waals surface area contributed by atoms with Crippen molar-refractivity contribution in [2.24, 2.45) is 11.8 Å². The molecule has 2 rings (SSSR count). The Morgan fingerprint density at radius 2 is 2.36 bits per heavy atom. The van der Waals surface area contributed by atoms with Crippen LogP contribution >= 0.6 is 0 Å². The standard InChI is InChI=1S/C10H15N/c1-3-11(4-2)10-6-5-8-7-9(8)10/h1,8-10H,4-7H2,2H3/t8-,9+,10+/m1/s1. The maximum absolute atomic E-state index is 5.42. The molecule has 3 atom stereocenters. The van der Waals surface area contributed by atoms with Gasteiger partial charge in [-0.05, 0) is 38.0 Å². The van der Waals surface area contributed by atoms with Gasteiger partial charge >= 0.3 is 0 Å². The Bertz CT molecular complexity index is 192. The first-order valence-corrected chi connectivity index (χ1v) is 4.59. The second-order valence-electron chi connectivity index (χ2n) is 3.72. The normalized spacial score (nSPS) is 39.5. The first-order valence-electron chi connectivity index (χ1n) is 4.59. The summed E-state index contributed by atoms with van der Waals surface area (Å²) >= 11 is 0. The van der Waals surface area contributed by atoms with Gasteiger partial charge in [0.15, 0.2) is 0 Å². The fourth-order valence-corrected chi connectivity index (χ4v) is 2.48. The Labute approximate surface area is 68.8 Å². The van der Waals surface area contributed by atoms with E-state index in [0.717, 1.165) is 24.4 Å². The van der Waals surface area contributed by atoms with Crippen molar-refractivity contribution in [2.75, 3.05) is 6.54 Å². The topological polar surface area (TPSA) is 3.24 Å². The lowest BCUT2D eigenvalue weighted by Gasteiger charge is -2.24. The van der Waals surface area contributed by atoms with Gasteiger partial charge in [0.2, 0.25) is 0 Å². The molecule has 0 aliphatic heterocycles. The smallest absolute Gasteiger partial charge is 0.0402 e. The molecule has 2 fully saturated rings. The fourth-order valence-electron chi connectivity index (χ4n) is 2.48. The number of terminal acetylenes is 1. The largest absolute Gasteiger partial charge is 0.330 e. The average Bonchev–Trinajstić information content (AvgIpc) is 2.70. The van der Waals surface area contributed by atoms with Crippen LogP contribution in [0.1, 0.15) is 26.2 Å². The predicted molar refractivity (Wildman–Crippen MR) is 45.8 cm³/mol. The monoisotopic (exact) mass is 149 g/mol. The molecule has 0 aromatic heterocycles. The van der Waals surface area contributed by atoms with E-state index >= 15 is 0 Å². The van der Waals surface area contributed by atoms with Crippen LogP contribution in [-0.2, 0) is 0 Å². The van der Waals surface area contributed by atoms with Gasteiger partial charge in [0, 0.05) is 18.6 Å². The van der Waals surface area contributed by atoms with E-state index in [4.69, 9.17) is 6.42 Å². The van der Waals surface area contributed by atoms with Gasteiger partial charge in [-0.1, -0.05) is 6.42 Å². The summed E-state index contributed by atoms with van der Waals surface area (Å²) in [5.74, 6) is 2.01. The zero-order valence-electron chi connectivity index (χ0n) is 7.09. The molecular formula is C10H15N. The summed E-state index contributed by atoms with van der Waals surface area (Å²) in [6.45, 7) is 3.17. The summed E-state index contributed by atoms with van der Waals surface area (Å²) in [6, 6.07) is 3.52. The molecule has 2 aliphatic carbocycles. The van der Waals surface area contributed by atoms with Gasteiger partial charge in [-0.15, -0.1) is 0 Å². The lowest BCUT2D eigenvalue weighted by atomic mass is 10.1. The van der Waals surface area contributed by atoms with Gasteiger partial charge < -0.3 is 4.90 Å². The third-order valence-electron chi connectivity index (χ3n) is 3.21. The Morgan fingerprint density at radius 1 is 1.55 bits per heavy atom. The molecule has 0 bridgehead atoms. The van der Waals surface area contributed by atoms with Crippen molar-refractivity contribution in [3.63, 3.8) is 0 Å². The third-order valence-corrected chi connectivity index (χ3v) is 3.21. The molecule has 2 aliphatic rings. The minimum absolute atomic E-state index is 0.731. The molecule has 1 nitrogen and oxygen atoms in total. The quantitative estimate of drug-likeness (QED) is 0.426. The first-order chi connectivity index (χ1) is 5.36. The number of nitrogens with zero attached hydrogens (tertiary/aromatic N) is 1. The number of hydrogen-bond acceptors (Lipinski definition) is 1. The van der Waals surface area contributed by atoms with E-state index in [1.807, 2.05) is 0 Å². The van der Waals surface area contributed by atoms with E-state index in [2.05, 4.69) is 17.9 Å². The van der Waals surface area contributed by atoms with Crippen molar-refractivity contribution >= 4 is 0 Å². The Balaban J connectivity index is 1.98. The van der Waals surface area contributed by atoms with Gasteiger partial charge in [-0.3, -0.25) is 0 Å². The van der Waals surface area contributed by atoms with Crippen LogP contribution in [0.5, 0.6) is 0 Å².